The van der Waals surface area contributed by atoms with Gasteiger partial charge in [0.25, 0.3) is 0 Å². The van der Waals surface area contributed by atoms with Gasteiger partial charge >= 0.3 is 0 Å². The molecule has 0 spiro atoms. The van der Waals surface area contributed by atoms with Crippen molar-refractivity contribution in [1.29, 1.82) is 0 Å². The summed E-state index contributed by atoms with van der Waals surface area (Å²) in [5.41, 5.74) is 0. The first-order chi connectivity index (χ1) is 5.11. The molecule has 3 N–H and O–H groups in total. The van der Waals surface area contributed by atoms with Crippen molar-refractivity contribution in [3.8, 4) is 0 Å². The molecular formula is C6H13N3OS. The molecule has 1 amide bonds. The summed E-state index contributed by atoms with van der Waals surface area (Å²) in [5.74, 6) is -0.0809. The fraction of sp³-hybridized carbons (Fsp3) is 0.667. The molecule has 0 aromatic heterocycles. The Labute approximate surface area is 71.7 Å². The van der Waals surface area contributed by atoms with Crippen LogP contribution in [-0.4, -0.2) is 31.2 Å². The van der Waals surface area contributed by atoms with Crippen LogP contribution in [0.4, 0.5) is 0 Å². The van der Waals surface area contributed by atoms with Crippen LogP contribution in [0.1, 0.15) is 6.92 Å². The van der Waals surface area contributed by atoms with Crippen molar-refractivity contribution in [3.05, 3.63) is 0 Å². The van der Waals surface area contributed by atoms with E-state index in [1.165, 1.54) is 0 Å². The van der Waals surface area contributed by atoms with Crippen LogP contribution >= 0.6 is 12.2 Å². The summed E-state index contributed by atoms with van der Waals surface area (Å²) in [6, 6.07) is -0.292. The average Bonchev–Trinajstić information content (AvgIpc) is 2.02. The molecule has 0 heterocycles. The van der Waals surface area contributed by atoms with Gasteiger partial charge in [-0.15, -0.1) is 0 Å². The quantitative estimate of drug-likeness (QED) is 0.482. The first kappa shape index (κ1) is 10.2. The summed E-state index contributed by atoms with van der Waals surface area (Å²) in [6.45, 7) is 1.74. The van der Waals surface area contributed by atoms with Crippen LogP contribution in [0.25, 0.3) is 0 Å². The molecule has 0 aliphatic heterocycles. The number of amides is 1. The fourth-order valence-corrected chi connectivity index (χ4v) is 0.728. The second-order valence-electron chi connectivity index (χ2n) is 2.06. The lowest BCUT2D eigenvalue weighted by molar-refractivity contribution is -0.121. The number of carbonyl (C=O) groups excluding carboxylic acids is 1. The van der Waals surface area contributed by atoms with Crippen molar-refractivity contribution >= 4 is 23.2 Å². The highest BCUT2D eigenvalue weighted by Crippen LogP contribution is 1.79. The van der Waals surface area contributed by atoms with E-state index in [4.69, 9.17) is 12.2 Å². The van der Waals surface area contributed by atoms with Crippen molar-refractivity contribution in [1.82, 2.24) is 16.0 Å². The van der Waals surface area contributed by atoms with Crippen molar-refractivity contribution in [2.24, 2.45) is 0 Å². The molecule has 64 valence electrons. The van der Waals surface area contributed by atoms with Crippen molar-refractivity contribution in [2.75, 3.05) is 14.1 Å². The summed E-state index contributed by atoms with van der Waals surface area (Å²) in [6.07, 6.45) is 0. The normalized spacial score (nSPS) is 11.5. The summed E-state index contributed by atoms with van der Waals surface area (Å²) in [5, 5.41) is 8.48. The van der Waals surface area contributed by atoms with Gasteiger partial charge in [0.2, 0.25) is 5.91 Å². The van der Waals surface area contributed by atoms with Crippen molar-refractivity contribution < 1.29 is 4.79 Å². The number of hydrogen-bond donors (Lipinski definition) is 3. The maximum atomic E-state index is 10.9. The highest BCUT2D eigenvalue weighted by molar-refractivity contribution is 7.80. The Hall–Kier alpha value is -0.840. The van der Waals surface area contributed by atoms with Gasteiger partial charge in [0.1, 0.15) is 6.04 Å². The highest BCUT2D eigenvalue weighted by Gasteiger charge is 2.09. The van der Waals surface area contributed by atoms with Crippen LogP contribution in [0.2, 0.25) is 0 Å². The minimum atomic E-state index is -0.292. The zero-order valence-corrected chi connectivity index (χ0v) is 7.71. The van der Waals surface area contributed by atoms with Gasteiger partial charge in [0.15, 0.2) is 5.11 Å². The van der Waals surface area contributed by atoms with Gasteiger partial charge < -0.3 is 16.0 Å². The molecule has 11 heavy (non-hydrogen) atoms. The van der Waals surface area contributed by atoms with E-state index >= 15 is 0 Å². The predicted molar refractivity (Wildman–Crippen MR) is 48.3 cm³/mol. The zero-order chi connectivity index (χ0) is 8.85. The van der Waals surface area contributed by atoms with Gasteiger partial charge in [0.05, 0.1) is 0 Å². The van der Waals surface area contributed by atoms with Gasteiger partial charge in [-0.2, -0.15) is 0 Å². The summed E-state index contributed by atoms with van der Waals surface area (Å²) >= 11 is 4.80. The number of nitrogens with one attached hydrogen (secondary N) is 3. The smallest absolute Gasteiger partial charge is 0.242 e. The Morgan fingerprint density at radius 3 is 2.27 bits per heavy atom. The van der Waals surface area contributed by atoms with Gasteiger partial charge in [-0.3, -0.25) is 4.79 Å². The fourth-order valence-electron chi connectivity index (χ4n) is 0.551. The summed E-state index contributed by atoms with van der Waals surface area (Å²) in [7, 11) is 3.29. The standard InChI is InChI=1S/C6H13N3OS/c1-4(5(10)7-2)9-6(11)8-3/h4H,1-3H3,(H,7,10)(H2,8,9,11). The SMILES string of the molecule is CNC(=O)C(C)NC(=S)NC. The Morgan fingerprint density at radius 1 is 1.36 bits per heavy atom. The van der Waals surface area contributed by atoms with Gasteiger partial charge in [0, 0.05) is 14.1 Å². The molecule has 0 aromatic carbocycles. The van der Waals surface area contributed by atoms with Gasteiger partial charge in [-0.25, -0.2) is 0 Å². The van der Waals surface area contributed by atoms with Crippen LogP contribution in [-0.2, 0) is 4.79 Å². The van der Waals surface area contributed by atoms with Gasteiger partial charge in [-0.05, 0) is 19.1 Å². The largest absolute Gasteiger partial charge is 0.366 e. The first-order valence-electron chi connectivity index (χ1n) is 3.31. The number of likely N-dealkylation sites (N-methyl/N-ethyl adjacent to an activating group) is 1. The maximum absolute atomic E-state index is 10.9. The maximum Gasteiger partial charge on any atom is 0.242 e. The molecule has 5 heteroatoms. The van der Waals surface area contributed by atoms with Crippen molar-refractivity contribution in [3.63, 3.8) is 0 Å². The number of carbonyl (C=O) groups is 1. The number of rotatable bonds is 2. The minimum Gasteiger partial charge on any atom is -0.366 e. The molecule has 0 fully saturated rings. The molecule has 0 aromatic rings. The lowest BCUT2D eigenvalue weighted by Gasteiger charge is -2.13. The molecule has 1 unspecified atom stereocenters. The third-order valence-corrected chi connectivity index (χ3v) is 1.54. The highest BCUT2D eigenvalue weighted by atomic mass is 32.1. The molecule has 0 aliphatic carbocycles. The molecule has 0 radical (unpaired) electrons. The summed E-state index contributed by atoms with van der Waals surface area (Å²) in [4.78, 5) is 10.9. The molecule has 0 bridgehead atoms. The van der Waals surface area contributed by atoms with Crippen LogP contribution < -0.4 is 16.0 Å². The van der Waals surface area contributed by atoms with Gasteiger partial charge in [-0.1, -0.05) is 0 Å². The second-order valence-corrected chi connectivity index (χ2v) is 2.47. The molecule has 0 saturated carbocycles. The van der Waals surface area contributed by atoms with E-state index < -0.39 is 0 Å². The Morgan fingerprint density at radius 2 is 1.91 bits per heavy atom. The lowest BCUT2D eigenvalue weighted by Crippen LogP contribution is -2.46. The molecule has 0 saturated heterocycles. The summed E-state index contributed by atoms with van der Waals surface area (Å²) < 4.78 is 0. The first-order valence-corrected chi connectivity index (χ1v) is 3.72. The third-order valence-electron chi connectivity index (χ3n) is 1.21. The number of thiocarbonyl (C=S) groups is 1. The van der Waals surface area contributed by atoms with Crippen LogP contribution in [0.5, 0.6) is 0 Å². The molecular weight excluding hydrogens is 162 g/mol. The number of hydrogen-bond acceptors (Lipinski definition) is 2. The monoisotopic (exact) mass is 175 g/mol. The molecule has 1 atom stereocenters. The van der Waals surface area contributed by atoms with E-state index in [0.717, 1.165) is 0 Å². The zero-order valence-electron chi connectivity index (χ0n) is 6.89. The Balaban J connectivity index is 3.77. The molecule has 0 aliphatic rings. The topological polar surface area (TPSA) is 53.2 Å². The lowest BCUT2D eigenvalue weighted by atomic mass is 10.3. The van der Waals surface area contributed by atoms with Crippen molar-refractivity contribution in [2.45, 2.75) is 13.0 Å². The van der Waals surface area contributed by atoms with E-state index in [2.05, 4.69) is 16.0 Å². The molecule has 0 rings (SSSR count). The Bertz CT molecular complexity index is 160. The Kier molecular flexibility index (Phi) is 4.52. The van der Waals surface area contributed by atoms with E-state index in [9.17, 15) is 4.79 Å². The van der Waals surface area contributed by atoms with E-state index in [-0.39, 0.29) is 11.9 Å². The molecule has 4 nitrogen and oxygen atoms in total. The third kappa shape index (κ3) is 3.77. The van der Waals surface area contributed by atoms with Crippen LogP contribution in [0, 0.1) is 0 Å². The average molecular weight is 175 g/mol. The second kappa shape index (κ2) is 4.90. The minimum absolute atomic E-state index is 0.0809. The predicted octanol–water partition coefficient (Wildman–Crippen LogP) is -0.785. The van der Waals surface area contributed by atoms with E-state index in [1.807, 2.05) is 0 Å². The van der Waals surface area contributed by atoms with E-state index in [0.29, 0.717) is 5.11 Å². The van der Waals surface area contributed by atoms with Crippen LogP contribution in [0.3, 0.4) is 0 Å². The van der Waals surface area contributed by atoms with E-state index in [1.54, 1.807) is 21.0 Å². The van der Waals surface area contributed by atoms with Crippen LogP contribution in [0.15, 0.2) is 0 Å².